The van der Waals surface area contributed by atoms with Crippen LogP contribution in [-0.4, -0.2) is 47.8 Å². The summed E-state index contributed by atoms with van der Waals surface area (Å²) in [5.41, 5.74) is 3.89. The second-order valence-corrected chi connectivity index (χ2v) is 6.09. The lowest BCUT2D eigenvalue weighted by molar-refractivity contribution is -0.573. The van der Waals surface area contributed by atoms with Crippen LogP contribution in [0.25, 0.3) is 0 Å². The van der Waals surface area contributed by atoms with Crippen molar-refractivity contribution in [2.24, 2.45) is 5.73 Å². The third-order valence-electron chi connectivity index (χ3n) is 2.80. The van der Waals surface area contributed by atoms with Crippen LogP contribution < -0.4 is 5.73 Å². The number of hydrogen-bond acceptors (Lipinski definition) is 7. The maximum Gasteiger partial charge on any atom is 0.472 e. The maximum absolute atomic E-state index is 10.6. The molecule has 0 amide bonds. The summed E-state index contributed by atoms with van der Waals surface area (Å²) in [5.74, 6) is 0. The van der Waals surface area contributed by atoms with Gasteiger partial charge in [-0.1, -0.05) is 0 Å². The van der Waals surface area contributed by atoms with Gasteiger partial charge in [0.05, 0.1) is 6.10 Å². The lowest BCUT2D eigenvalue weighted by Gasteiger charge is -2.27. The van der Waals surface area contributed by atoms with Crippen molar-refractivity contribution in [1.82, 2.24) is 0 Å². The predicted molar refractivity (Wildman–Crippen MR) is 65.2 cm³/mol. The Kier molecular flexibility index (Phi) is 5.84. The normalized spacial score (nSPS) is 38.4. The summed E-state index contributed by atoms with van der Waals surface area (Å²) in [5, 5.41) is 10.4. The van der Waals surface area contributed by atoms with Crippen molar-refractivity contribution in [2.75, 3.05) is 26.4 Å². The van der Waals surface area contributed by atoms with E-state index in [0.717, 1.165) is 13.0 Å². The second kappa shape index (κ2) is 6.74. The number of rotatable bonds is 2. The van der Waals surface area contributed by atoms with Gasteiger partial charge in [-0.05, 0) is 12.8 Å². The standard InChI is InChI=1S/C5H11NO.C4H8NO6P/c6-4-5-2-1-3-7-5;1-4(5(6)7)2-10-12(8,9)11-3-4/h5H,1-4,6H2;2-3H2,1H3,(H,8,9). The number of nitrogens with two attached hydrogens (primary N) is 1. The predicted octanol–water partition coefficient (Wildman–Crippen LogP) is 0.293. The molecular weight excluding hydrogens is 279 g/mol. The molecular formula is C9H19N2O7P. The van der Waals surface area contributed by atoms with Gasteiger partial charge in [-0.3, -0.25) is 19.2 Å². The van der Waals surface area contributed by atoms with E-state index in [-0.39, 0.29) is 0 Å². The monoisotopic (exact) mass is 298 g/mol. The first-order valence-corrected chi connectivity index (χ1v) is 7.37. The SMILES string of the molecule is CC1([N+](=O)[O-])COP(=O)(O)OC1.NCC1CCCO1. The van der Waals surface area contributed by atoms with Crippen LogP contribution in [0.15, 0.2) is 0 Å². The molecule has 0 bridgehead atoms. The van der Waals surface area contributed by atoms with Crippen LogP contribution in [0.4, 0.5) is 0 Å². The van der Waals surface area contributed by atoms with Gasteiger partial charge in [-0.2, -0.15) is 0 Å². The molecule has 2 aliphatic heterocycles. The van der Waals surface area contributed by atoms with Crippen molar-refractivity contribution in [1.29, 1.82) is 0 Å². The highest BCUT2D eigenvalue weighted by Crippen LogP contribution is 2.48. The molecule has 1 atom stereocenters. The van der Waals surface area contributed by atoms with Gasteiger partial charge in [-0.15, -0.1) is 0 Å². The molecule has 2 saturated heterocycles. The van der Waals surface area contributed by atoms with Gasteiger partial charge in [-0.25, -0.2) is 4.57 Å². The van der Waals surface area contributed by atoms with Crippen molar-refractivity contribution in [3.8, 4) is 0 Å². The smallest absolute Gasteiger partial charge is 0.377 e. The van der Waals surface area contributed by atoms with E-state index in [1.165, 1.54) is 13.3 Å². The van der Waals surface area contributed by atoms with E-state index in [0.29, 0.717) is 12.6 Å². The molecule has 3 N–H and O–H groups in total. The van der Waals surface area contributed by atoms with E-state index in [1.807, 2.05) is 0 Å². The van der Waals surface area contributed by atoms with E-state index in [2.05, 4.69) is 9.05 Å². The third kappa shape index (κ3) is 5.13. The van der Waals surface area contributed by atoms with Gasteiger partial charge in [0.25, 0.3) is 5.54 Å². The fourth-order valence-corrected chi connectivity index (χ4v) is 2.41. The van der Waals surface area contributed by atoms with Crippen LogP contribution in [0.1, 0.15) is 19.8 Å². The summed E-state index contributed by atoms with van der Waals surface area (Å²) in [6.45, 7) is 2.08. The Morgan fingerprint density at radius 1 is 1.53 bits per heavy atom. The molecule has 0 spiro atoms. The van der Waals surface area contributed by atoms with Gasteiger partial charge >= 0.3 is 7.82 Å². The van der Waals surface area contributed by atoms with Crippen molar-refractivity contribution < 1.29 is 28.2 Å². The zero-order valence-corrected chi connectivity index (χ0v) is 11.6. The lowest BCUT2D eigenvalue weighted by Crippen LogP contribution is -2.46. The van der Waals surface area contributed by atoms with E-state index in [9.17, 15) is 14.7 Å². The molecule has 2 heterocycles. The quantitative estimate of drug-likeness (QED) is 0.422. The van der Waals surface area contributed by atoms with Gasteiger partial charge in [0.15, 0.2) is 0 Å². The average molecular weight is 298 g/mol. The highest BCUT2D eigenvalue weighted by atomic mass is 31.2. The number of nitrogens with zero attached hydrogens (tertiary/aromatic N) is 1. The maximum atomic E-state index is 10.6. The van der Waals surface area contributed by atoms with Crippen molar-refractivity contribution in [2.45, 2.75) is 31.4 Å². The summed E-state index contributed by atoms with van der Waals surface area (Å²) in [4.78, 5) is 18.4. The van der Waals surface area contributed by atoms with Crippen LogP contribution in [0.2, 0.25) is 0 Å². The van der Waals surface area contributed by atoms with Gasteiger partial charge < -0.3 is 15.4 Å². The molecule has 9 nitrogen and oxygen atoms in total. The molecule has 0 radical (unpaired) electrons. The fraction of sp³-hybridized carbons (Fsp3) is 1.00. The van der Waals surface area contributed by atoms with Crippen LogP contribution >= 0.6 is 7.82 Å². The van der Waals surface area contributed by atoms with Crippen molar-refractivity contribution in [3.05, 3.63) is 10.1 Å². The Balaban J connectivity index is 0.000000218. The Morgan fingerprint density at radius 3 is 2.42 bits per heavy atom. The second-order valence-electron chi connectivity index (χ2n) is 4.64. The third-order valence-corrected chi connectivity index (χ3v) is 3.72. The summed E-state index contributed by atoms with van der Waals surface area (Å²) in [7, 11) is -4.01. The molecule has 10 heteroatoms. The summed E-state index contributed by atoms with van der Waals surface area (Å²) >= 11 is 0. The highest BCUT2D eigenvalue weighted by Gasteiger charge is 2.47. The number of phosphoric ester groups is 1. The number of phosphoric acid groups is 1. The number of hydrogen-bond donors (Lipinski definition) is 2. The summed E-state index contributed by atoms with van der Waals surface area (Å²) in [6.07, 6.45) is 2.73. The van der Waals surface area contributed by atoms with Gasteiger partial charge in [0.1, 0.15) is 13.2 Å². The van der Waals surface area contributed by atoms with Crippen LogP contribution in [0, 0.1) is 10.1 Å². The Labute approximate surface area is 110 Å². The van der Waals surface area contributed by atoms with Gasteiger partial charge in [0, 0.05) is 25.0 Å². The van der Waals surface area contributed by atoms with Crippen molar-refractivity contribution >= 4 is 7.82 Å². The molecule has 0 aromatic heterocycles. The minimum absolute atomic E-state index is 0.375. The molecule has 0 saturated carbocycles. The van der Waals surface area contributed by atoms with E-state index in [4.69, 9.17) is 15.4 Å². The largest absolute Gasteiger partial charge is 0.472 e. The number of nitro groups is 1. The van der Waals surface area contributed by atoms with Crippen LogP contribution in [-0.2, 0) is 18.3 Å². The Bertz CT molecular complexity index is 346. The minimum Gasteiger partial charge on any atom is -0.377 e. The lowest BCUT2D eigenvalue weighted by atomic mass is 10.1. The fourth-order valence-electron chi connectivity index (χ4n) is 1.46. The van der Waals surface area contributed by atoms with E-state index in [1.54, 1.807) is 0 Å². The Hall–Kier alpha value is -0.570. The van der Waals surface area contributed by atoms with Crippen molar-refractivity contribution in [3.63, 3.8) is 0 Å². The molecule has 112 valence electrons. The first-order valence-electron chi connectivity index (χ1n) is 5.87. The Morgan fingerprint density at radius 2 is 2.11 bits per heavy atom. The zero-order chi connectivity index (χ0) is 14.5. The molecule has 2 aliphatic rings. The average Bonchev–Trinajstić information content (AvgIpc) is 2.87. The first kappa shape index (κ1) is 16.5. The van der Waals surface area contributed by atoms with E-state index < -0.39 is 31.5 Å². The molecule has 0 aromatic carbocycles. The molecule has 19 heavy (non-hydrogen) atoms. The topological polar surface area (TPSA) is 134 Å². The molecule has 2 rings (SSSR count). The van der Waals surface area contributed by atoms with Crippen LogP contribution in [0.3, 0.4) is 0 Å². The molecule has 0 aromatic rings. The summed E-state index contributed by atoms with van der Waals surface area (Å²) < 4.78 is 24.4. The first-order chi connectivity index (χ1) is 8.79. The molecule has 1 unspecified atom stereocenters. The van der Waals surface area contributed by atoms with Crippen LogP contribution in [0.5, 0.6) is 0 Å². The summed E-state index contributed by atoms with van der Waals surface area (Å²) in [6, 6.07) is 0. The minimum atomic E-state index is -4.01. The number of ether oxygens (including phenoxy) is 1. The van der Waals surface area contributed by atoms with Gasteiger partial charge in [0.2, 0.25) is 0 Å². The molecule has 0 aliphatic carbocycles. The van der Waals surface area contributed by atoms with E-state index >= 15 is 0 Å². The molecule has 2 fully saturated rings. The highest BCUT2D eigenvalue weighted by molar-refractivity contribution is 7.47. The zero-order valence-electron chi connectivity index (χ0n) is 10.7.